The standard InChI is InChI=1S/C24H25N5O3/c1-3-16(12-23(30)31)17-8-9-19(21-15-29-10-6-5-7-22(29)28-21)20(11-17)27-18-13-25-24(26-14-18)32-4-2/h5-11,13-16,27H,3-4,12H2,1-2H3,(H,30,31). The summed E-state index contributed by atoms with van der Waals surface area (Å²) < 4.78 is 7.29. The highest BCUT2D eigenvalue weighted by Crippen LogP contribution is 2.34. The number of aromatic nitrogens is 4. The third-order valence-corrected chi connectivity index (χ3v) is 5.25. The molecule has 0 aliphatic rings. The van der Waals surface area contributed by atoms with E-state index in [0.717, 1.165) is 34.6 Å². The number of pyridine rings is 1. The van der Waals surface area contributed by atoms with Gasteiger partial charge in [-0.2, -0.15) is 0 Å². The zero-order valence-electron chi connectivity index (χ0n) is 18.0. The van der Waals surface area contributed by atoms with Gasteiger partial charge in [0, 0.05) is 23.6 Å². The van der Waals surface area contributed by atoms with Crippen molar-refractivity contribution < 1.29 is 14.6 Å². The van der Waals surface area contributed by atoms with Gasteiger partial charge in [-0.25, -0.2) is 15.0 Å². The molecule has 3 heterocycles. The van der Waals surface area contributed by atoms with E-state index in [1.54, 1.807) is 12.4 Å². The minimum Gasteiger partial charge on any atom is -0.481 e. The maximum Gasteiger partial charge on any atom is 0.316 e. The third kappa shape index (κ3) is 4.69. The number of fused-ring (bicyclic) bond motifs is 1. The van der Waals surface area contributed by atoms with Crippen molar-refractivity contribution in [3.8, 4) is 17.3 Å². The molecule has 1 aromatic carbocycles. The van der Waals surface area contributed by atoms with Crippen molar-refractivity contribution in [2.45, 2.75) is 32.6 Å². The lowest BCUT2D eigenvalue weighted by Gasteiger charge is -2.17. The molecule has 32 heavy (non-hydrogen) atoms. The number of aliphatic carboxylic acids is 1. The van der Waals surface area contributed by atoms with Crippen molar-refractivity contribution >= 4 is 23.0 Å². The van der Waals surface area contributed by atoms with Crippen molar-refractivity contribution in [3.05, 3.63) is 66.7 Å². The van der Waals surface area contributed by atoms with E-state index >= 15 is 0 Å². The van der Waals surface area contributed by atoms with Gasteiger partial charge in [0.2, 0.25) is 0 Å². The van der Waals surface area contributed by atoms with Gasteiger partial charge in [0.1, 0.15) is 5.65 Å². The fraction of sp³-hybridized carbons (Fsp3) is 0.250. The lowest BCUT2D eigenvalue weighted by Crippen LogP contribution is -2.06. The van der Waals surface area contributed by atoms with Crippen LogP contribution in [0.5, 0.6) is 6.01 Å². The summed E-state index contributed by atoms with van der Waals surface area (Å²) in [7, 11) is 0. The second-order valence-electron chi connectivity index (χ2n) is 7.41. The van der Waals surface area contributed by atoms with Crippen LogP contribution in [-0.4, -0.2) is 37.0 Å². The van der Waals surface area contributed by atoms with E-state index in [2.05, 4.69) is 15.3 Å². The van der Waals surface area contributed by atoms with Crippen LogP contribution < -0.4 is 10.1 Å². The first kappa shape index (κ1) is 21.3. The van der Waals surface area contributed by atoms with E-state index in [1.165, 1.54) is 0 Å². The van der Waals surface area contributed by atoms with Gasteiger partial charge in [-0.1, -0.05) is 25.1 Å². The van der Waals surface area contributed by atoms with E-state index in [9.17, 15) is 9.90 Å². The van der Waals surface area contributed by atoms with Crippen LogP contribution in [0, 0.1) is 0 Å². The molecule has 2 N–H and O–H groups in total. The molecule has 1 unspecified atom stereocenters. The summed E-state index contributed by atoms with van der Waals surface area (Å²) in [5, 5.41) is 12.7. The van der Waals surface area contributed by atoms with Gasteiger partial charge in [0.25, 0.3) is 0 Å². The SMILES string of the molecule is CCOc1ncc(Nc2cc(C(CC)CC(=O)O)ccc2-c2cn3ccccc3n2)cn1. The molecule has 0 amide bonds. The molecule has 0 bridgehead atoms. The molecular weight excluding hydrogens is 406 g/mol. The van der Waals surface area contributed by atoms with Crippen LogP contribution in [0.2, 0.25) is 0 Å². The van der Waals surface area contributed by atoms with Gasteiger partial charge in [-0.15, -0.1) is 0 Å². The topological polar surface area (TPSA) is 102 Å². The van der Waals surface area contributed by atoms with Gasteiger partial charge in [-0.05, 0) is 43.0 Å². The number of hydrogen-bond acceptors (Lipinski definition) is 6. The number of ether oxygens (including phenoxy) is 1. The second-order valence-corrected chi connectivity index (χ2v) is 7.41. The predicted octanol–water partition coefficient (Wildman–Crippen LogP) is 4.90. The Kier molecular flexibility index (Phi) is 6.30. The normalized spacial score (nSPS) is 11.9. The van der Waals surface area contributed by atoms with Gasteiger partial charge in [0.15, 0.2) is 0 Å². The van der Waals surface area contributed by atoms with E-state index in [1.807, 2.05) is 67.0 Å². The Labute approximate surface area is 185 Å². The molecule has 4 aromatic rings. The van der Waals surface area contributed by atoms with Gasteiger partial charge < -0.3 is 19.6 Å². The summed E-state index contributed by atoms with van der Waals surface area (Å²) in [4.78, 5) is 24.5. The number of carboxylic acid groups (broad SMARTS) is 1. The molecule has 0 fully saturated rings. The summed E-state index contributed by atoms with van der Waals surface area (Å²) >= 11 is 0. The lowest BCUT2D eigenvalue weighted by atomic mass is 9.91. The largest absolute Gasteiger partial charge is 0.481 e. The van der Waals surface area contributed by atoms with E-state index in [0.29, 0.717) is 18.3 Å². The predicted molar refractivity (Wildman–Crippen MR) is 122 cm³/mol. The van der Waals surface area contributed by atoms with Crippen molar-refractivity contribution in [3.63, 3.8) is 0 Å². The molecule has 0 aliphatic carbocycles. The van der Waals surface area contributed by atoms with Crippen molar-refractivity contribution in [1.82, 2.24) is 19.4 Å². The first-order valence-electron chi connectivity index (χ1n) is 10.6. The molecule has 8 heteroatoms. The summed E-state index contributed by atoms with van der Waals surface area (Å²) in [5.74, 6) is -0.893. The van der Waals surface area contributed by atoms with Crippen molar-refractivity contribution in [2.24, 2.45) is 0 Å². The molecule has 164 valence electrons. The summed E-state index contributed by atoms with van der Waals surface area (Å²) in [6, 6.07) is 12.1. The molecular formula is C24H25N5O3. The summed E-state index contributed by atoms with van der Waals surface area (Å²) in [6.45, 7) is 4.37. The van der Waals surface area contributed by atoms with Crippen molar-refractivity contribution in [2.75, 3.05) is 11.9 Å². The number of nitrogens with zero attached hydrogens (tertiary/aromatic N) is 4. The maximum absolute atomic E-state index is 11.3. The van der Waals surface area contributed by atoms with Crippen LogP contribution in [0.25, 0.3) is 16.9 Å². The van der Waals surface area contributed by atoms with Crippen molar-refractivity contribution in [1.29, 1.82) is 0 Å². The number of benzene rings is 1. The van der Waals surface area contributed by atoms with Crippen LogP contribution in [0.3, 0.4) is 0 Å². The Morgan fingerprint density at radius 2 is 2.00 bits per heavy atom. The first-order chi connectivity index (χ1) is 15.6. The van der Waals surface area contributed by atoms with Gasteiger partial charge in [0.05, 0.1) is 36.8 Å². The van der Waals surface area contributed by atoms with Crippen LogP contribution in [0.4, 0.5) is 11.4 Å². The van der Waals surface area contributed by atoms with Crippen LogP contribution in [0.1, 0.15) is 38.2 Å². The molecule has 1 atom stereocenters. The number of carboxylic acids is 1. The lowest BCUT2D eigenvalue weighted by molar-refractivity contribution is -0.137. The fourth-order valence-electron chi connectivity index (χ4n) is 3.66. The minimum absolute atomic E-state index is 0.0792. The quantitative estimate of drug-likeness (QED) is 0.388. The Hall–Kier alpha value is -3.94. The number of nitrogens with one attached hydrogen (secondary N) is 1. The highest BCUT2D eigenvalue weighted by atomic mass is 16.5. The zero-order chi connectivity index (χ0) is 22.5. The number of anilines is 2. The average Bonchev–Trinajstić information content (AvgIpc) is 3.23. The minimum atomic E-state index is -0.810. The molecule has 0 spiro atoms. The molecule has 0 radical (unpaired) electrons. The zero-order valence-corrected chi connectivity index (χ0v) is 18.0. The molecule has 3 aromatic heterocycles. The second kappa shape index (κ2) is 9.47. The highest BCUT2D eigenvalue weighted by molar-refractivity contribution is 5.80. The Balaban J connectivity index is 1.75. The van der Waals surface area contributed by atoms with Crippen LogP contribution in [0.15, 0.2) is 61.2 Å². The molecule has 4 rings (SSSR count). The Bertz CT molecular complexity index is 1190. The van der Waals surface area contributed by atoms with E-state index < -0.39 is 5.97 Å². The number of imidazole rings is 1. The smallest absolute Gasteiger partial charge is 0.316 e. The van der Waals surface area contributed by atoms with E-state index in [4.69, 9.17) is 9.72 Å². The Morgan fingerprint density at radius 1 is 1.19 bits per heavy atom. The van der Waals surface area contributed by atoms with Gasteiger partial charge >= 0.3 is 12.0 Å². The molecule has 0 aliphatic heterocycles. The monoisotopic (exact) mass is 431 g/mol. The first-order valence-corrected chi connectivity index (χ1v) is 10.6. The van der Waals surface area contributed by atoms with E-state index in [-0.39, 0.29) is 12.3 Å². The number of rotatable bonds is 9. The molecule has 0 saturated heterocycles. The highest BCUT2D eigenvalue weighted by Gasteiger charge is 2.17. The summed E-state index contributed by atoms with van der Waals surface area (Å²) in [5.41, 5.74) is 5.01. The number of carbonyl (C=O) groups is 1. The third-order valence-electron chi connectivity index (χ3n) is 5.25. The summed E-state index contributed by atoms with van der Waals surface area (Å²) in [6.07, 6.45) is 8.05. The number of hydrogen-bond donors (Lipinski definition) is 2. The van der Waals surface area contributed by atoms with Gasteiger partial charge in [-0.3, -0.25) is 4.79 Å². The maximum atomic E-state index is 11.3. The van der Waals surface area contributed by atoms with Crippen LogP contribution in [-0.2, 0) is 4.79 Å². The molecule has 0 saturated carbocycles. The molecule has 8 nitrogen and oxygen atoms in total. The Morgan fingerprint density at radius 3 is 2.69 bits per heavy atom. The fourth-order valence-corrected chi connectivity index (χ4v) is 3.66. The van der Waals surface area contributed by atoms with Crippen LogP contribution >= 0.6 is 0 Å². The average molecular weight is 431 g/mol.